The van der Waals surface area contributed by atoms with Gasteiger partial charge in [-0.05, 0) is 30.7 Å². The van der Waals surface area contributed by atoms with Crippen LogP contribution in [0.15, 0.2) is 36.7 Å². The molecule has 26 heavy (non-hydrogen) atoms. The van der Waals surface area contributed by atoms with Crippen LogP contribution in [0.25, 0.3) is 22.0 Å². The van der Waals surface area contributed by atoms with Crippen LogP contribution in [0, 0.1) is 6.92 Å². The van der Waals surface area contributed by atoms with Crippen LogP contribution in [0.4, 0.5) is 5.69 Å². The van der Waals surface area contributed by atoms with Crippen LogP contribution < -0.4 is 4.90 Å². The number of benzene rings is 1. The second kappa shape index (κ2) is 6.76. The molecule has 0 radical (unpaired) electrons. The van der Waals surface area contributed by atoms with Crippen LogP contribution in [0.2, 0.25) is 0 Å². The van der Waals surface area contributed by atoms with Crippen molar-refractivity contribution in [3.63, 3.8) is 0 Å². The van der Waals surface area contributed by atoms with Gasteiger partial charge in [0.1, 0.15) is 0 Å². The van der Waals surface area contributed by atoms with Crippen molar-refractivity contribution in [2.45, 2.75) is 6.92 Å². The number of fused-ring (bicyclic) bond motifs is 1. The number of carboxylic acids is 1. The number of hydrogen-bond donors (Lipinski definition) is 2. The summed E-state index contributed by atoms with van der Waals surface area (Å²) in [7, 11) is 0. The third-order valence-corrected chi connectivity index (χ3v) is 4.93. The van der Waals surface area contributed by atoms with Gasteiger partial charge in [-0.15, -0.1) is 0 Å². The first-order valence-electron chi connectivity index (χ1n) is 8.70. The molecule has 0 amide bonds. The monoisotopic (exact) mass is 351 g/mol. The number of carbonyl (C=O) groups is 1. The van der Waals surface area contributed by atoms with Gasteiger partial charge in [-0.1, -0.05) is 6.07 Å². The van der Waals surface area contributed by atoms with Crippen LogP contribution in [0.5, 0.6) is 0 Å². The number of aromatic nitrogens is 3. The van der Waals surface area contributed by atoms with E-state index in [1.807, 2.05) is 36.4 Å². The van der Waals surface area contributed by atoms with Crippen molar-refractivity contribution in [3.05, 3.63) is 42.4 Å². The minimum absolute atomic E-state index is 0.106. The molecule has 0 spiro atoms. The molecule has 1 aliphatic heterocycles. The van der Waals surface area contributed by atoms with Crippen molar-refractivity contribution in [1.29, 1.82) is 0 Å². The Bertz CT molecular complexity index is 944. The molecule has 0 unspecified atom stereocenters. The lowest BCUT2D eigenvalue weighted by atomic mass is 10.0. The number of aromatic amines is 1. The second-order valence-electron chi connectivity index (χ2n) is 6.63. The van der Waals surface area contributed by atoms with Crippen molar-refractivity contribution in [2.24, 2.45) is 0 Å². The summed E-state index contributed by atoms with van der Waals surface area (Å²) in [6.45, 7) is 5.23. The van der Waals surface area contributed by atoms with Gasteiger partial charge in [0.2, 0.25) is 0 Å². The predicted molar refractivity (Wildman–Crippen MR) is 100 cm³/mol. The van der Waals surface area contributed by atoms with Gasteiger partial charge < -0.3 is 10.0 Å². The first kappa shape index (κ1) is 16.5. The number of aliphatic carboxylic acids is 1. The lowest BCUT2D eigenvalue weighted by Gasteiger charge is -2.35. The van der Waals surface area contributed by atoms with Crippen molar-refractivity contribution in [1.82, 2.24) is 20.1 Å². The number of nitrogens with one attached hydrogen (secondary N) is 1. The zero-order chi connectivity index (χ0) is 18.1. The Morgan fingerprint density at radius 3 is 2.73 bits per heavy atom. The van der Waals surface area contributed by atoms with E-state index in [0.29, 0.717) is 0 Å². The first-order chi connectivity index (χ1) is 12.6. The molecule has 7 heteroatoms. The molecule has 4 rings (SSSR count). The second-order valence-corrected chi connectivity index (χ2v) is 6.63. The van der Waals surface area contributed by atoms with Crippen molar-refractivity contribution >= 4 is 22.6 Å². The Balaban J connectivity index is 1.65. The number of hydrogen-bond acceptors (Lipinski definition) is 5. The number of H-pyrrole nitrogens is 1. The number of anilines is 1. The van der Waals surface area contributed by atoms with Crippen molar-refractivity contribution in [3.8, 4) is 11.1 Å². The summed E-state index contributed by atoms with van der Waals surface area (Å²) < 4.78 is 0. The third kappa shape index (κ3) is 3.13. The number of piperazine rings is 1. The maximum atomic E-state index is 10.9. The SMILES string of the molecule is Cc1[nH]ncc1-c1ccc2nccc(N3CCN(CC(=O)O)CC3)c2c1. The van der Waals surface area contributed by atoms with Crippen molar-refractivity contribution in [2.75, 3.05) is 37.6 Å². The summed E-state index contributed by atoms with van der Waals surface area (Å²) in [5.41, 5.74) is 5.35. The zero-order valence-corrected chi connectivity index (χ0v) is 14.6. The van der Waals surface area contributed by atoms with E-state index in [9.17, 15) is 4.79 Å². The maximum absolute atomic E-state index is 10.9. The minimum Gasteiger partial charge on any atom is -0.480 e. The number of aryl methyl sites for hydroxylation is 1. The largest absolute Gasteiger partial charge is 0.480 e. The number of rotatable bonds is 4. The molecular weight excluding hydrogens is 330 g/mol. The first-order valence-corrected chi connectivity index (χ1v) is 8.70. The van der Waals surface area contributed by atoms with E-state index in [1.165, 1.54) is 0 Å². The third-order valence-electron chi connectivity index (χ3n) is 4.93. The van der Waals surface area contributed by atoms with Crippen LogP contribution in [0.1, 0.15) is 5.69 Å². The summed E-state index contributed by atoms with van der Waals surface area (Å²) in [5.74, 6) is -0.770. The molecule has 1 saturated heterocycles. The summed E-state index contributed by atoms with van der Waals surface area (Å²) in [4.78, 5) is 19.7. The molecule has 1 fully saturated rings. The Morgan fingerprint density at radius 2 is 2.04 bits per heavy atom. The minimum atomic E-state index is -0.770. The van der Waals surface area contributed by atoms with E-state index in [2.05, 4.69) is 32.2 Å². The highest BCUT2D eigenvalue weighted by Gasteiger charge is 2.20. The standard InChI is InChI=1S/C19H21N5O2/c1-13-16(11-21-22-13)14-2-3-17-15(10-14)18(4-5-20-17)24-8-6-23(7-9-24)12-19(25)26/h2-5,10-11H,6-9,12H2,1H3,(H,21,22)(H,25,26). The van der Waals surface area contributed by atoms with Crippen LogP contribution >= 0.6 is 0 Å². The van der Waals surface area contributed by atoms with Gasteiger partial charge in [-0.3, -0.25) is 19.8 Å². The van der Waals surface area contributed by atoms with Gasteiger partial charge >= 0.3 is 5.97 Å². The zero-order valence-electron chi connectivity index (χ0n) is 14.6. The topological polar surface area (TPSA) is 85.4 Å². The van der Waals surface area contributed by atoms with Gasteiger partial charge in [0.25, 0.3) is 0 Å². The van der Waals surface area contributed by atoms with Gasteiger partial charge in [-0.25, -0.2) is 0 Å². The smallest absolute Gasteiger partial charge is 0.317 e. The van der Waals surface area contributed by atoms with Crippen LogP contribution in [-0.2, 0) is 4.79 Å². The van der Waals surface area contributed by atoms with E-state index in [-0.39, 0.29) is 6.54 Å². The fraction of sp³-hybridized carbons (Fsp3) is 0.316. The fourth-order valence-corrected chi connectivity index (χ4v) is 3.55. The highest BCUT2D eigenvalue weighted by atomic mass is 16.4. The van der Waals surface area contributed by atoms with Gasteiger partial charge in [-0.2, -0.15) is 5.10 Å². The van der Waals surface area contributed by atoms with E-state index >= 15 is 0 Å². The fourth-order valence-electron chi connectivity index (χ4n) is 3.55. The number of pyridine rings is 1. The summed E-state index contributed by atoms with van der Waals surface area (Å²) >= 11 is 0. The van der Waals surface area contributed by atoms with Gasteiger partial charge in [0, 0.05) is 54.7 Å². The van der Waals surface area contributed by atoms with E-state index in [1.54, 1.807) is 0 Å². The van der Waals surface area contributed by atoms with Gasteiger partial charge in [0.05, 0.1) is 18.3 Å². The Morgan fingerprint density at radius 1 is 1.23 bits per heavy atom. The normalized spacial score (nSPS) is 15.5. The molecule has 2 N–H and O–H groups in total. The molecule has 2 aromatic heterocycles. The molecule has 0 aliphatic carbocycles. The molecule has 0 bridgehead atoms. The van der Waals surface area contributed by atoms with Crippen LogP contribution in [0.3, 0.4) is 0 Å². The van der Waals surface area contributed by atoms with Crippen LogP contribution in [-0.4, -0.2) is 63.9 Å². The van der Waals surface area contributed by atoms with Gasteiger partial charge in [0.15, 0.2) is 0 Å². The Hall–Kier alpha value is -2.93. The molecule has 0 atom stereocenters. The Kier molecular flexibility index (Phi) is 4.30. The van der Waals surface area contributed by atoms with Crippen molar-refractivity contribution < 1.29 is 9.90 Å². The highest BCUT2D eigenvalue weighted by molar-refractivity contribution is 5.94. The summed E-state index contributed by atoms with van der Waals surface area (Å²) in [6.07, 6.45) is 3.68. The molecule has 3 aromatic rings. The molecule has 134 valence electrons. The molecule has 1 aliphatic rings. The van der Waals surface area contributed by atoms with E-state index in [4.69, 9.17) is 5.11 Å². The van der Waals surface area contributed by atoms with E-state index < -0.39 is 5.97 Å². The molecular formula is C19H21N5O2. The Labute approximate surface area is 151 Å². The summed E-state index contributed by atoms with van der Waals surface area (Å²) in [5, 5.41) is 17.2. The molecule has 0 saturated carbocycles. The summed E-state index contributed by atoms with van der Waals surface area (Å²) in [6, 6.07) is 8.32. The maximum Gasteiger partial charge on any atom is 0.317 e. The lowest BCUT2D eigenvalue weighted by molar-refractivity contribution is -0.138. The average Bonchev–Trinajstić information content (AvgIpc) is 3.07. The number of carboxylic acid groups (broad SMARTS) is 1. The molecule has 7 nitrogen and oxygen atoms in total. The molecule has 1 aromatic carbocycles. The predicted octanol–water partition coefficient (Wildman–Crippen LogP) is 2.14. The van der Waals surface area contributed by atoms with E-state index in [0.717, 1.165) is 59.6 Å². The lowest BCUT2D eigenvalue weighted by Crippen LogP contribution is -2.48. The quantitative estimate of drug-likeness (QED) is 0.749. The average molecular weight is 351 g/mol. The number of nitrogens with zero attached hydrogens (tertiary/aromatic N) is 4. The highest BCUT2D eigenvalue weighted by Crippen LogP contribution is 2.31. The molecule has 3 heterocycles.